The zero-order valence-electron chi connectivity index (χ0n) is 17.0. The van der Waals surface area contributed by atoms with E-state index in [4.69, 9.17) is 11.6 Å². The molecule has 0 aliphatic carbocycles. The maximum absolute atomic E-state index is 13.0. The molecule has 32 heavy (non-hydrogen) atoms. The third kappa shape index (κ3) is 4.95. The number of halogens is 1. The van der Waals surface area contributed by atoms with Crippen LogP contribution in [0.4, 0.5) is 5.69 Å². The van der Waals surface area contributed by atoms with Crippen LogP contribution < -0.4 is 4.72 Å². The number of aromatic hydroxyl groups is 1. The van der Waals surface area contributed by atoms with Crippen molar-refractivity contribution in [1.29, 1.82) is 0 Å². The van der Waals surface area contributed by atoms with Crippen LogP contribution in [-0.2, 0) is 10.0 Å². The van der Waals surface area contributed by atoms with E-state index >= 15 is 0 Å². The zero-order chi connectivity index (χ0) is 22.7. The molecule has 4 rings (SSSR count). The van der Waals surface area contributed by atoms with Crippen molar-refractivity contribution in [3.05, 3.63) is 95.0 Å². The van der Waals surface area contributed by atoms with Gasteiger partial charge in [-0.15, -0.1) is 0 Å². The number of benzene rings is 3. The van der Waals surface area contributed by atoms with E-state index < -0.39 is 10.0 Å². The van der Waals surface area contributed by atoms with Crippen molar-refractivity contribution >= 4 is 38.8 Å². The molecule has 2 N–H and O–H groups in total. The van der Waals surface area contributed by atoms with Crippen LogP contribution in [0.2, 0.25) is 5.02 Å². The van der Waals surface area contributed by atoms with Gasteiger partial charge in [0.1, 0.15) is 5.75 Å². The van der Waals surface area contributed by atoms with Crippen LogP contribution in [0.3, 0.4) is 0 Å². The monoisotopic (exact) mass is 468 g/mol. The molecule has 1 aliphatic rings. The van der Waals surface area contributed by atoms with Gasteiger partial charge in [-0.3, -0.25) is 9.52 Å². The second-order valence-electron chi connectivity index (χ2n) is 7.42. The Morgan fingerprint density at radius 1 is 1.00 bits per heavy atom. The van der Waals surface area contributed by atoms with Crippen molar-refractivity contribution < 1.29 is 18.3 Å². The van der Waals surface area contributed by atoms with Crippen LogP contribution in [0.5, 0.6) is 5.75 Å². The SMILES string of the molecule is O=C(c1cccc(S(=O)(=O)Nc2cccc(Cl)c2)c1)N1CC=C(c2ccc(O)cc2)CC1. The Morgan fingerprint density at radius 3 is 2.44 bits per heavy atom. The van der Waals surface area contributed by atoms with Crippen LogP contribution in [0, 0.1) is 0 Å². The van der Waals surface area contributed by atoms with Crippen molar-refractivity contribution in [2.45, 2.75) is 11.3 Å². The van der Waals surface area contributed by atoms with Crippen molar-refractivity contribution in [3.63, 3.8) is 0 Å². The number of hydrogen-bond acceptors (Lipinski definition) is 4. The molecular weight excluding hydrogens is 448 g/mol. The second-order valence-corrected chi connectivity index (χ2v) is 9.54. The summed E-state index contributed by atoms with van der Waals surface area (Å²) in [5.41, 5.74) is 2.77. The van der Waals surface area contributed by atoms with Gasteiger partial charge in [0.15, 0.2) is 0 Å². The van der Waals surface area contributed by atoms with Crippen LogP contribution in [0.1, 0.15) is 22.3 Å². The van der Waals surface area contributed by atoms with Crippen molar-refractivity contribution in [3.8, 4) is 5.75 Å². The van der Waals surface area contributed by atoms with Gasteiger partial charge < -0.3 is 10.0 Å². The quantitative estimate of drug-likeness (QED) is 0.564. The van der Waals surface area contributed by atoms with E-state index in [0.717, 1.165) is 11.1 Å². The average molecular weight is 469 g/mol. The van der Waals surface area contributed by atoms with E-state index in [1.807, 2.05) is 18.2 Å². The highest BCUT2D eigenvalue weighted by atomic mass is 35.5. The molecule has 0 bridgehead atoms. The highest BCUT2D eigenvalue weighted by Gasteiger charge is 2.22. The lowest BCUT2D eigenvalue weighted by molar-refractivity contribution is 0.0772. The number of nitrogens with one attached hydrogen (secondary N) is 1. The lowest BCUT2D eigenvalue weighted by Crippen LogP contribution is -2.34. The summed E-state index contributed by atoms with van der Waals surface area (Å²) in [7, 11) is -3.88. The molecule has 0 atom stereocenters. The van der Waals surface area contributed by atoms with Crippen molar-refractivity contribution in [2.75, 3.05) is 17.8 Å². The van der Waals surface area contributed by atoms with Gasteiger partial charge in [0.05, 0.1) is 10.6 Å². The number of nitrogens with zero attached hydrogens (tertiary/aromatic N) is 1. The number of carbonyl (C=O) groups is 1. The van der Waals surface area contributed by atoms with Gasteiger partial charge in [0.2, 0.25) is 0 Å². The summed E-state index contributed by atoms with van der Waals surface area (Å²) in [4.78, 5) is 14.7. The molecule has 0 fully saturated rings. The Balaban J connectivity index is 1.49. The fraction of sp³-hybridized carbons (Fsp3) is 0.125. The minimum Gasteiger partial charge on any atom is -0.508 e. The minimum atomic E-state index is -3.88. The predicted molar refractivity (Wildman–Crippen MR) is 125 cm³/mol. The first-order valence-corrected chi connectivity index (χ1v) is 11.8. The van der Waals surface area contributed by atoms with Gasteiger partial charge >= 0.3 is 0 Å². The molecule has 164 valence electrons. The summed E-state index contributed by atoms with van der Waals surface area (Å²) >= 11 is 5.93. The Labute approximate surface area is 191 Å². The molecule has 0 saturated carbocycles. The Bertz CT molecular complexity index is 1290. The van der Waals surface area contributed by atoms with E-state index in [-0.39, 0.29) is 16.6 Å². The summed E-state index contributed by atoms with van der Waals surface area (Å²) in [5, 5.41) is 9.86. The van der Waals surface area contributed by atoms with Gasteiger partial charge in [0, 0.05) is 23.7 Å². The number of sulfonamides is 1. The number of amides is 1. The van der Waals surface area contributed by atoms with Crippen LogP contribution in [0.25, 0.3) is 5.57 Å². The van der Waals surface area contributed by atoms with E-state index in [2.05, 4.69) is 4.72 Å². The molecule has 8 heteroatoms. The fourth-order valence-electron chi connectivity index (χ4n) is 3.54. The molecule has 0 spiro atoms. The lowest BCUT2D eigenvalue weighted by Gasteiger charge is -2.27. The van der Waals surface area contributed by atoms with Gasteiger partial charge in [-0.25, -0.2) is 8.42 Å². The average Bonchev–Trinajstić information content (AvgIpc) is 2.79. The van der Waals surface area contributed by atoms with Crippen molar-refractivity contribution in [1.82, 2.24) is 4.90 Å². The molecule has 1 aliphatic heterocycles. The molecule has 0 aromatic heterocycles. The fourth-order valence-corrected chi connectivity index (χ4v) is 4.82. The number of phenols is 1. The molecular formula is C24H21ClN2O4S. The molecule has 1 heterocycles. The maximum atomic E-state index is 13.0. The van der Waals surface area contributed by atoms with E-state index in [0.29, 0.717) is 35.8 Å². The Hall–Kier alpha value is -3.29. The smallest absolute Gasteiger partial charge is 0.261 e. The molecule has 3 aromatic carbocycles. The van der Waals surface area contributed by atoms with Gasteiger partial charge in [-0.2, -0.15) is 0 Å². The van der Waals surface area contributed by atoms with Crippen LogP contribution in [-0.4, -0.2) is 37.4 Å². The van der Waals surface area contributed by atoms with Gasteiger partial charge in [0.25, 0.3) is 15.9 Å². The maximum Gasteiger partial charge on any atom is 0.261 e. The van der Waals surface area contributed by atoms with Crippen molar-refractivity contribution in [2.24, 2.45) is 0 Å². The third-order valence-corrected chi connectivity index (χ3v) is 6.82. The number of carbonyl (C=O) groups excluding carboxylic acids is 1. The summed E-state index contributed by atoms with van der Waals surface area (Å²) in [6.07, 6.45) is 2.65. The summed E-state index contributed by atoms with van der Waals surface area (Å²) in [6, 6.07) is 19.4. The topological polar surface area (TPSA) is 86.7 Å². The second kappa shape index (κ2) is 9.06. The number of hydrogen-bond donors (Lipinski definition) is 2. The van der Waals surface area contributed by atoms with Gasteiger partial charge in [-0.05, 0) is 66.1 Å². The van der Waals surface area contributed by atoms with E-state index in [1.54, 1.807) is 47.4 Å². The number of phenolic OH excluding ortho intramolecular Hbond substituents is 1. The summed E-state index contributed by atoms with van der Waals surface area (Å²) in [5.74, 6) is -0.0209. The molecule has 3 aromatic rings. The zero-order valence-corrected chi connectivity index (χ0v) is 18.6. The Kier molecular flexibility index (Phi) is 6.21. The first-order valence-electron chi connectivity index (χ1n) is 9.98. The molecule has 0 radical (unpaired) electrons. The van der Waals surface area contributed by atoms with E-state index in [9.17, 15) is 18.3 Å². The number of rotatable bonds is 5. The van der Waals surface area contributed by atoms with E-state index in [1.165, 1.54) is 18.2 Å². The molecule has 1 amide bonds. The van der Waals surface area contributed by atoms with Crippen LogP contribution >= 0.6 is 11.6 Å². The molecule has 0 saturated heterocycles. The van der Waals surface area contributed by atoms with Crippen LogP contribution in [0.15, 0.2) is 83.8 Å². The Morgan fingerprint density at radius 2 is 1.75 bits per heavy atom. The van der Waals surface area contributed by atoms with Gasteiger partial charge in [-0.1, -0.05) is 41.9 Å². The number of anilines is 1. The lowest BCUT2D eigenvalue weighted by atomic mass is 9.99. The predicted octanol–water partition coefficient (Wildman–Crippen LogP) is 4.78. The normalized spacial score (nSPS) is 14.0. The summed E-state index contributed by atoms with van der Waals surface area (Å²) in [6.45, 7) is 0.941. The molecule has 6 nitrogen and oxygen atoms in total. The first-order chi connectivity index (χ1) is 15.3. The summed E-state index contributed by atoms with van der Waals surface area (Å²) < 4.78 is 28.0. The minimum absolute atomic E-state index is 0.000610. The highest BCUT2D eigenvalue weighted by molar-refractivity contribution is 7.92. The third-order valence-electron chi connectivity index (χ3n) is 5.20. The largest absolute Gasteiger partial charge is 0.508 e. The standard InChI is InChI=1S/C24H21ClN2O4S/c25-20-4-2-5-21(16-20)26-32(30,31)23-6-1-3-19(15-23)24(29)27-13-11-18(12-14-27)17-7-9-22(28)10-8-17/h1-11,15-16,26,28H,12-14H2. The highest BCUT2D eigenvalue weighted by Crippen LogP contribution is 2.25. The first kappa shape index (κ1) is 21.9. The molecule has 0 unspecified atom stereocenters.